The molecule has 0 radical (unpaired) electrons. The molecule has 0 spiro atoms. The molecular weight excluding hydrogens is 817 g/mol. The van der Waals surface area contributed by atoms with Crippen LogP contribution in [-0.2, 0) is 24.7 Å². The fraction of sp³-hybridized carbons (Fsp3) is 0.438. The first kappa shape index (κ1) is 43.6. The maximum absolute atomic E-state index is 13.7. The number of nitrogens with zero attached hydrogens (tertiary/aromatic N) is 2. The average molecular weight is 877 g/mol. The van der Waals surface area contributed by atoms with E-state index in [0.29, 0.717) is 42.4 Å². The molecule has 8 rings (SSSR count). The molecule has 1 fully saturated rings. The van der Waals surface area contributed by atoms with Crippen molar-refractivity contribution in [1.82, 2.24) is 14.9 Å². The Bertz CT molecular complexity index is 2650. The molecule has 5 aromatic carbocycles. The molecule has 0 unspecified atom stereocenters. The van der Waals surface area contributed by atoms with Gasteiger partial charge >= 0.3 is 11.8 Å². The van der Waals surface area contributed by atoms with E-state index in [1.165, 1.54) is 36.9 Å². The van der Waals surface area contributed by atoms with Crippen LogP contribution in [0.1, 0.15) is 59.8 Å². The molecule has 14 heteroatoms. The molecular formula is C48H60N4O8Si2. The van der Waals surface area contributed by atoms with Gasteiger partial charge in [-0.05, 0) is 86.3 Å². The van der Waals surface area contributed by atoms with Crippen molar-refractivity contribution in [3.8, 4) is 17.2 Å². The first-order valence-electron chi connectivity index (χ1n) is 21.7. The van der Waals surface area contributed by atoms with E-state index in [1.54, 1.807) is 12.3 Å². The fourth-order valence-corrected chi connectivity index (χ4v) is 10.1. The number of rotatable bonds is 13. The molecule has 0 aliphatic carbocycles. The van der Waals surface area contributed by atoms with Crippen LogP contribution in [0.25, 0.3) is 32.3 Å². The molecule has 1 aromatic heterocycles. The zero-order valence-electron chi connectivity index (χ0n) is 37.6. The Labute approximate surface area is 365 Å². The lowest BCUT2D eigenvalue weighted by Gasteiger charge is -2.40. The van der Waals surface area contributed by atoms with Crippen LogP contribution in [0.4, 0.5) is 16.3 Å². The van der Waals surface area contributed by atoms with E-state index in [1.807, 2.05) is 12.1 Å². The summed E-state index contributed by atoms with van der Waals surface area (Å²) in [6, 6.07) is 24.7. The highest BCUT2D eigenvalue weighted by Crippen LogP contribution is 2.47. The van der Waals surface area contributed by atoms with Gasteiger partial charge in [0.25, 0.3) is 0 Å². The highest BCUT2D eigenvalue weighted by Gasteiger charge is 2.47. The number of anilines is 2. The second kappa shape index (κ2) is 16.6. The van der Waals surface area contributed by atoms with Crippen LogP contribution in [-0.4, -0.2) is 70.9 Å². The molecule has 3 heterocycles. The second-order valence-electron chi connectivity index (χ2n) is 19.6. The van der Waals surface area contributed by atoms with E-state index < -0.39 is 34.6 Å². The predicted molar refractivity (Wildman–Crippen MR) is 251 cm³/mol. The Kier molecular flexibility index (Phi) is 11.7. The van der Waals surface area contributed by atoms with Crippen LogP contribution < -0.4 is 25.8 Å². The minimum atomic E-state index is -2.19. The number of carbonyl (C=O) groups excluding carboxylic acids is 1. The van der Waals surface area contributed by atoms with Gasteiger partial charge in [-0.25, -0.2) is 9.59 Å². The molecule has 1 saturated heterocycles. The summed E-state index contributed by atoms with van der Waals surface area (Å²) < 4.78 is 39.6. The van der Waals surface area contributed by atoms with Crippen LogP contribution in [0.5, 0.6) is 17.2 Å². The van der Waals surface area contributed by atoms with Crippen molar-refractivity contribution in [2.24, 2.45) is 0 Å². The monoisotopic (exact) mass is 876 g/mol. The third-order valence-electron chi connectivity index (χ3n) is 13.4. The number of hydrogen-bond acceptors (Lipinski definition) is 10. The van der Waals surface area contributed by atoms with Crippen molar-refractivity contribution < 1.29 is 32.6 Å². The highest BCUT2D eigenvalue weighted by molar-refractivity contribution is 6.74. The summed E-state index contributed by atoms with van der Waals surface area (Å²) in [6.45, 7) is 23.2. The Morgan fingerprint density at radius 2 is 1.53 bits per heavy atom. The molecule has 6 aromatic rings. The van der Waals surface area contributed by atoms with Gasteiger partial charge in [-0.15, -0.1) is 0 Å². The molecule has 62 heavy (non-hydrogen) atoms. The minimum absolute atomic E-state index is 0.00722. The lowest BCUT2D eigenvalue weighted by atomic mass is 9.91. The van der Waals surface area contributed by atoms with Gasteiger partial charge in [0.15, 0.2) is 34.0 Å². The van der Waals surface area contributed by atoms with Gasteiger partial charge in [0.2, 0.25) is 0 Å². The van der Waals surface area contributed by atoms with E-state index >= 15 is 0 Å². The van der Waals surface area contributed by atoms with Crippen LogP contribution in [0.15, 0.2) is 83.8 Å². The van der Waals surface area contributed by atoms with E-state index in [-0.39, 0.29) is 47.9 Å². The number of para-hydroxylation sites is 1. The van der Waals surface area contributed by atoms with Gasteiger partial charge in [0, 0.05) is 12.8 Å². The maximum atomic E-state index is 13.7. The van der Waals surface area contributed by atoms with E-state index in [4.69, 9.17) is 27.8 Å². The van der Waals surface area contributed by atoms with Crippen LogP contribution >= 0.6 is 0 Å². The van der Waals surface area contributed by atoms with Crippen molar-refractivity contribution in [1.29, 1.82) is 0 Å². The number of amides is 1. The first-order valence-corrected chi connectivity index (χ1v) is 27.5. The summed E-state index contributed by atoms with van der Waals surface area (Å²) in [5.74, 6) is 1.64. The summed E-state index contributed by atoms with van der Waals surface area (Å²) >= 11 is 0. The van der Waals surface area contributed by atoms with Gasteiger partial charge in [-0.1, -0.05) is 102 Å². The number of hydrogen-bond donors (Lipinski definition) is 2. The second-order valence-corrected chi connectivity index (χ2v) is 29.2. The van der Waals surface area contributed by atoms with Gasteiger partial charge in [-0.3, -0.25) is 4.57 Å². The minimum Gasteiger partial charge on any atom is -0.489 e. The Balaban J connectivity index is 0.872. The van der Waals surface area contributed by atoms with Crippen molar-refractivity contribution in [3.05, 3.63) is 95.0 Å². The number of nitrogens with one attached hydrogen (secondary N) is 2. The predicted octanol–water partition coefficient (Wildman–Crippen LogP) is 11.0. The van der Waals surface area contributed by atoms with Crippen LogP contribution in [0.3, 0.4) is 0 Å². The first-order chi connectivity index (χ1) is 29.3. The number of alkyl carbamates (subject to hydrolysis) is 1. The number of carbonyl (C=O) groups is 1. The van der Waals surface area contributed by atoms with Gasteiger partial charge < -0.3 is 38.4 Å². The standard InChI is InChI=1S/C48H60N4O8Si2/c1-47(2,3)61(7,8)57-29-39-37(60-62(9,10)48(4,5)6)27-40(59-39)52-28-38-44(51-45(52)53)50-43-35(15-12-16-36(43)58-38)55-26-24-49-46(54)56-25-23-30-17-18-33-20-19-31-13-11-14-32-21-22-34(30)42(33)41(31)32/h11-22,28,37,39-40H,23-27,29H2,1-10H3,(H,49,54)(H,50,51,53)/t37-,39+,40+/m0/s1. The number of ether oxygens (including phenoxy) is 4. The van der Waals surface area contributed by atoms with Crippen molar-refractivity contribution in [3.63, 3.8) is 0 Å². The maximum Gasteiger partial charge on any atom is 0.407 e. The molecule has 0 saturated carbocycles. The summed E-state index contributed by atoms with van der Waals surface area (Å²) in [6.07, 6.45) is 0.975. The quantitative estimate of drug-likeness (QED) is 0.0656. The number of fused-ring (bicyclic) bond motifs is 2. The summed E-state index contributed by atoms with van der Waals surface area (Å²) in [5, 5.41) is 13.4. The third kappa shape index (κ3) is 8.67. The number of aromatic nitrogens is 2. The lowest BCUT2D eigenvalue weighted by Crippen LogP contribution is -2.48. The molecule has 1 amide bonds. The molecule has 0 bridgehead atoms. The van der Waals surface area contributed by atoms with Crippen LogP contribution in [0.2, 0.25) is 36.3 Å². The van der Waals surface area contributed by atoms with Gasteiger partial charge in [-0.2, -0.15) is 4.98 Å². The summed E-state index contributed by atoms with van der Waals surface area (Å²) in [5.41, 5.74) is 1.18. The third-order valence-corrected chi connectivity index (χ3v) is 22.4. The highest BCUT2D eigenvalue weighted by atomic mass is 28.4. The Morgan fingerprint density at radius 3 is 2.26 bits per heavy atom. The molecule has 328 valence electrons. The number of benzene rings is 5. The summed E-state index contributed by atoms with van der Waals surface area (Å²) in [4.78, 5) is 30.7. The van der Waals surface area contributed by atoms with Crippen molar-refractivity contribution >= 4 is 66.6 Å². The Hall–Kier alpha value is -5.00. The molecule has 2 aliphatic rings. The zero-order chi connectivity index (χ0) is 44.2. The summed E-state index contributed by atoms with van der Waals surface area (Å²) in [7, 11) is -4.27. The normalized spacial score (nSPS) is 18.1. The van der Waals surface area contributed by atoms with E-state index in [2.05, 4.69) is 138 Å². The fourth-order valence-electron chi connectivity index (χ4n) is 7.74. The van der Waals surface area contributed by atoms with Crippen molar-refractivity contribution in [2.45, 2.75) is 109 Å². The van der Waals surface area contributed by atoms with Gasteiger partial charge in [0.05, 0.1) is 32.1 Å². The topological polar surface area (TPSA) is 131 Å². The van der Waals surface area contributed by atoms with E-state index in [9.17, 15) is 9.59 Å². The van der Waals surface area contributed by atoms with Crippen molar-refractivity contribution in [2.75, 3.05) is 31.7 Å². The SMILES string of the molecule is CC(C)(C)[Si](C)(C)OC[C@H]1O[C@@H](n2cc3c(nc2=O)Nc2c(OCCNC(=O)OCCc4ccc5ccc6cccc7ccc4c5c67)cccc2O3)C[C@@H]1O[Si](C)(C)C(C)(C)C. The molecule has 3 atom stereocenters. The Morgan fingerprint density at radius 1 is 0.855 bits per heavy atom. The van der Waals surface area contributed by atoms with Gasteiger partial charge in [0.1, 0.15) is 30.4 Å². The largest absolute Gasteiger partial charge is 0.489 e. The smallest absolute Gasteiger partial charge is 0.407 e. The molecule has 12 nitrogen and oxygen atoms in total. The zero-order valence-corrected chi connectivity index (χ0v) is 39.6. The van der Waals surface area contributed by atoms with E-state index in [0.717, 1.165) is 5.56 Å². The lowest BCUT2D eigenvalue weighted by molar-refractivity contribution is -0.0413. The molecule has 2 aliphatic heterocycles. The average Bonchev–Trinajstić information content (AvgIpc) is 3.60. The molecule has 2 N–H and O–H groups in total. The van der Waals surface area contributed by atoms with Crippen LogP contribution in [0, 0.1) is 0 Å².